The number of thiazole rings is 1. The summed E-state index contributed by atoms with van der Waals surface area (Å²) in [5.41, 5.74) is 0.997. The molecule has 1 N–H and O–H groups in total. The molecule has 0 fully saturated rings. The van der Waals surface area contributed by atoms with Crippen LogP contribution in [-0.2, 0) is 13.2 Å². The Morgan fingerprint density at radius 1 is 1.47 bits per heavy atom. The van der Waals surface area contributed by atoms with E-state index in [-0.39, 0.29) is 6.61 Å². The van der Waals surface area contributed by atoms with E-state index in [0.29, 0.717) is 11.6 Å². The van der Waals surface area contributed by atoms with Crippen molar-refractivity contribution in [2.24, 2.45) is 0 Å². The Labute approximate surface area is 109 Å². The lowest BCUT2D eigenvalue weighted by Crippen LogP contribution is -1.96. The zero-order valence-corrected chi connectivity index (χ0v) is 10.9. The first kappa shape index (κ1) is 12.4. The van der Waals surface area contributed by atoms with E-state index in [1.807, 2.05) is 19.1 Å². The number of rotatable bonds is 4. The highest BCUT2D eigenvalue weighted by molar-refractivity contribution is 7.11. The van der Waals surface area contributed by atoms with Gasteiger partial charge in [0.2, 0.25) is 0 Å². The number of aromatic nitrogens is 1. The van der Waals surface area contributed by atoms with E-state index in [0.717, 1.165) is 21.2 Å². The fourth-order valence-electron chi connectivity index (χ4n) is 1.40. The van der Waals surface area contributed by atoms with Gasteiger partial charge in [-0.1, -0.05) is 11.6 Å². The molecule has 0 atom stereocenters. The summed E-state index contributed by atoms with van der Waals surface area (Å²) >= 11 is 7.31. The molecule has 3 nitrogen and oxygen atoms in total. The second-order valence-corrected chi connectivity index (χ2v) is 5.21. The van der Waals surface area contributed by atoms with Crippen LogP contribution < -0.4 is 4.74 Å². The van der Waals surface area contributed by atoms with Gasteiger partial charge in [-0.2, -0.15) is 0 Å². The number of halogens is 1. The van der Waals surface area contributed by atoms with E-state index in [4.69, 9.17) is 21.4 Å². The van der Waals surface area contributed by atoms with E-state index in [2.05, 4.69) is 4.98 Å². The van der Waals surface area contributed by atoms with Crippen molar-refractivity contribution >= 4 is 22.9 Å². The lowest BCUT2D eigenvalue weighted by molar-refractivity contribution is 0.285. The maximum Gasteiger partial charge on any atom is 0.140 e. The highest BCUT2D eigenvalue weighted by Gasteiger charge is 2.04. The number of aliphatic hydroxyl groups excluding tert-OH is 1. The molecule has 2 rings (SSSR count). The van der Waals surface area contributed by atoms with Gasteiger partial charge < -0.3 is 9.84 Å². The molecule has 1 aromatic carbocycles. The second kappa shape index (κ2) is 5.49. The average Bonchev–Trinajstić information content (AvgIpc) is 2.76. The van der Waals surface area contributed by atoms with Crippen LogP contribution in [0.2, 0.25) is 5.02 Å². The van der Waals surface area contributed by atoms with Crippen molar-refractivity contribution in [3.8, 4) is 5.75 Å². The summed E-state index contributed by atoms with van der Waals surface area (Å²) in [5.74, 6) is 0.801. The standard InChI is InChI=1S/C12H12ClNO2S/c1-8-4-9(13)2-3-11(8)16-7-12-14-5-10(6-15)17-12/h2-5,15H,6-7H2,1H3. The predicted octanol–water partition coefficient (Wildman–Crippen LogP) is 3.18. The van der Waals surface area contributed by atoms with Gasteiger partial charge in [-0.15, -0.1) is 11.3 Å². The third-order valence-electron chi connectivity index (χ3n) is 2.25. The van der Waals surface area contributed by atoms with Crippen LogP contribution >= 0.6 is 22.9 Å². The fourth-order valence-corrected chi connectivity index (χ4v) is 2.32. The SMILES string of the molecule is Cc1cc(Cl)ccc1OCc1ncc(CO)s1. The van der Waals surface area contributed by atoms with Gasteiger partial charge in [0.25, 0.3) is 0 Å². The topological polar surface area (TPSA) is 42.4 Å². The quantitative estimate of drug-likeness (QED) is 0.927. The molecule has 1 heterocycles. The summed E-state index contributed by atoms with van der Waals surface area (Å²) in [6.45, 7) is 2.38. The van der Waals surface area contributed by atoms with Crippen LogP contribution in [0.15, 0.2) is 24.4 Å². The average molecular weight is 270 g/mol. The van der Waals surface area contributed by atoms with Crippen molar-refractivity contribution in [1.29, 1.82) is 0 Å². The Bertz CT molecular complexity index is 513. The monoisotopic (exact) mass is 269 g/mol. The maximum absolute atomic E-state index is 8.93. The second-order valence-electron chi connectivity index (χ2n) is 3.58. The molecule has 0 spiro atoms. The fraction of sp³-hybridized carbons (Fsp3) is 0.250. The summed E-state index contributed by atoms with van der Waals surface area (Å²) in [6, 6.07) is 5.50. The third kappa shape index (κ3) is 3.19. The number of aryl methyl sites for hydroxylation is 1. The highest BCUT2D eigenvalue weighted by atomic mass is 35.5. The number of nitrogens with zero attached hydrogens (tertiary/aromatic N) is 1. The van der Waals surface area contributed by atoms with Crippen LogP contribution in [0.5, 0.6) is 5.75 Å². The van der Waals surface area contributed by atoms with Crippen LogP contribution in [0.3, 0.4) is 0 Å². The van der Waals surface area contributed by atoms with Crippen LogP contribution in [-0.4, -0.2) is 10.1 Å². The summed E-state index contributed by atoms with van der Waals surface area (Å²) in [6.07, 6.45) is 1.66. The normalized spacial score (nSPS) is 10.5. The molecule has 1 aromatic heterocycles. The molecular formula is C12H12ClNO2S. The largest absolute Gasteiger partial charge is 0.486 e. The third-order valence-corrected chi connectivity index (χ3v) is 3.44. The van der Waals surface area contributed by atoms with Crippen LogP contribution in [0.4, 0.5) is 0 Å². The van der Waals surface area contributed by atoms with Gasteiger partial charge in [0.05, 0.1) is 11.5 Å². The van der Waals surface area contributed by atoms with E-state index in [9.17, 15) is 0 Å². The molecule has 90 valence electrons. The van der Waals surface area contributed by atoms with E-state index in [1.165, 1.54) is 11.3 Å². The van der Waals surface area contributed by atoms with Gasteiger partial charge in [-0.3, -0.25) is 0 Å². The first-order valence-corrected chi connectivity index (χ1v) is 6.32. The molecule has 0 bridgehead atoms. The van der Waals surface area contributed by atoms with E-state index in [1.54, 1.807) is 12.3 Å². The van der Waals surface area contributed by atoms with Crippen LogP contribution in [0.25, 0.3) is 0 Å². The Morgan fingerprint density at radius 3 is 2.94 bits per heavy atom. The van der Waals surface area contributed by atoms with Gasteiger partial charge in [0, 0.05) is 11.2 Å². The molecule has 17 heavy (non-hydrogen) atoms. The Morgan fingerprint density at radius 2 is 2.29 bits per heavy atom. The molecule has 0 aliphatic heterocycles. The number of ether oxygens (including phenoxy) is 1. The number of benzene rings is 1. The maximum atomic E-state index is 8.93. The number of aliphatic hydroxyl groups is 1. The van der Waals surface area contributed by atoms with Crippen molar-refractivity contribution in [1.82, 2.24) is 4.98 Å². The first-order chi connectivity index (χ1) is 8.19. The molecule has 0 aliphatic rings. The minimum atomic E-state index is 0.0254. The van der Waals surface area contributed by atoms with Gasteiger partial charge in [-0.25, -0.2) is 4.98 Å². The number of hydrogen-bond donors (Lipinski definition) is 1. The Hall–Kier alpha value is -1.10. The molecule has 0 saturated heterocycles. The van der Waals surface area contributed by atoms with E-state index < -0.39 is 0 Å². The summed E-state index contributed by atoms with van der Waals surface area (Å²) in [4.78, 5) is 5.00. The van der Waals surface area contributed by atoms with Crippen LogP contribution in [0, 0.1) is 6.92 Å². The smallest absolute Gasteiger partial charge is 0.140 e. The summed E-state index contributed by atoms with van der Waals surface area (Å²) in [5, 5.41) is 10.5. The molecule has 0 saturated carbocycles. The molecule has 0 unspecified atom stereocenters. The van der Waals surface area contributed by atoms with Crippen molar-refractivity contribution in [3.63, 3.8) is 0 Å². The molecule has 0 aliphatic carbocycles. The van der Waals surface area contributed by atoms with Crippen molar-refractivity contribution < 1.29 is 9.84 Å². The van der Waals surface area contributed by atoms with Crippen molar-refractivity contribution in [3.05, 3.63) is 44.9 Å². The minimum absolute atomic E-state index is 0.0254. The summed E-state index contributed by atoms with van der Waals surface area (Å²) < 4.78 is 5.64. The molecule has 5 heteroatoms. The molecule has 2 aromatic rings. The lowest BCUT2D eigenvalue weighted by atomic mass is 10.2. The van der Waals surface area contributed by atoms with Crippen molar-refractivity contribution in [2.75, 3.05) is 0 Å². The van der Waals surface area contributed by atoms with Crippen molar-refractivity contribution in [2.45, 2.75) is 20.1 Å². The zero-order valence-electron chi connectivity index (χ0n) is 9.31. The first-order valence-electron chi connectivity index (χ1n) is 5.12. The highest BCUT2D eigenvalue weighted by Crippen LogP contribution is 2.23. The Kier molecular flexibility index (Phi) is 3.99. The lowest BCUT2D eigenvalue weighted by Gasteiger charge is -2.07. The minimum Gasteiger partial charge on any atom is -0.486 e. The van der Waals surface area contributed by atoms with E-state index >= 15 is 0 Å². The Balaban J connectivity index is 2.02. The molecule has 0 radical (unpaired) electrons. The predicted molar refractivity (Wildman–Crippen MR) is 68.6 cm³/mol. The van der Waals surface area contributed by atoms with Gasteiger partial charge in [0.1, 0.15) is 17.4 Å². The van der Waals surface area contributed by atoms with Crippen LogP contribution in [0.1, 0.15) is 15.4 Å². The van der Waals surface area contributed by atoms with Gasteiger partial charge >= 0.3 is 0 Å². The molecular weight excluding hydrogens is 258 g/mol. The van der Waals surface area contributed by atoms with Gasteiger partial charge in [-0.05, 0) is 30.7 Å². The zero-order chi connectivity index (χ0) is 12.3. The number of hydrogen-bond acceptors (Lipinski definition) is 4. The molecule has 0 amide bonds. The van der Waals surface area contributed by atoms with Gasteiger partial charge in [0.15, 0.2) is 0 Å². The summed E-state index contributed by atoms with van der Waals surface area (Å²) in [7, 11) is 0.